The highest BCUT2D eigenvalue weighted by molar-refractivity contribution is 5.98. The first-order chi connectivity index (χ1) is 18.0. The van der Waals surface area contributed by atoms with Gasteiger partial charge in [-0.25, -0.2) is 9.59 Å². The first-order valence-corrected chi connectivity index (χ1v) is 12.6. The Morgan fingerprint density at radius 1 is 1.03 bits per heavy atom. The van der Waals surface area contributed by atoms with Crippen LogP contribution in [0.4, 0.5) is 4.79 Å². The van der Waals surface area contributed by atoms with Crippen molar-refractivity contribution in [2.24, 2.45) is 5.16 Å². The maximum atomic E-state index is 13.5. The summed E-state index contributed by atoms with van der Waals surface area (Å²) in [6.45, 7) is 6.98. The van der Waals surface area contributed by atoms with Gasteiger partial charge in [-0.15, -0.1) is 0 Å². The summed E-state index contributed by atoms with van der Waals surface area (Å²) in [7, 11) is 2.60. The summed E-state index contributed by atoms with van der Waals surface area (Å²) in [6, 6.07) is 14.5. The topological polar surface area (TPSA) is 104 Å². The Hall–Kier alpha value is -3.88. The van der Waals surface area contributed by atoms with E-state index >= 15 is 0 Å². The van der Waals surface area contributed by atoms with Crippen molar-refractivity contribution in [1.29, 1.82) is 0 Å². The molecular formula is C29H34N2O7. The SMILES string of the molecule is COC(=O)N(C1c2ccccc2-c2ccccc21)[C@@H](CCC(=O)OC(C)(C)C)C1=NOC(C)(C(=O)OC)C1. The van der Waals surface area contributed by atoms with Gasteiger partial charge < -0.3 is 19.0 Å². The molecule has 0 saturated heterocycles. The Morgan fingerprint density at radius 3 is 2.13 bits per heavy atom. The molecule has 1 amide bonds. The fourth-order valence-electron chi connectivity index (χ4n) is 5.13. The van der Waals surface area contributed by atoms with Gasteiger partial charge in [0.1, 0.15) is 5.60 Å². The molecule has 2 aromatic carbocycles. The number of carbonyl (C=O) groups is 3. The number of carbonyl (C=O) groups excluding carboxylic acids is 3. The van der Waals surface area contributed by atoms with Gasteiger partial charge in [0.2, 0.25) is 5.60 Å². The number of esters is 2. The molecule has 0 saturated carbocycles. The van der Waals surface area contributed by atoms with E-state index in [1.165, 1.54) is 14.2 Å². The third-order valence-electron chi connectivity index (χ3n) is 6.73. The molecule has 1 aliphatic carbocycles. The third-order valence-corrected chi connectivity index (χ3v) is 6.73. The lowest BCUT2D eigenvalue weighted by atomic mass is 9.91. The van der Waals surface area contributed by atoms with Crippen LogP contribution in [0.1, 0.15) is 64.1 Å². The number of nitrogens with zero attached hydrogens (tertiary/aromatic N) is 2. The molecule has 0 radical (unpaired) electrons. The van der Waals surface area contributed by atoms with Gasteiger partial charge in [0.05, 0.1) is 32.0 Å². The van der Waals surface area contributed by atoms with Gasteiger partial charge in [-0.2, -0.15) is 0 Å². The number of hydrogen-bond acceptors (Lipinski definition) is 8. The van der Waals surface area contributed by atoms with Gasteiger partial charge in [0.25, 0.3) is 0 Å². The van der Waals surface area contributed by atoms with Crippen LogP contribution in [0, 0.1) is 0 Å². The molecule has 0 bridgehead atoms. The van der Waals surface area contributed by atoms with Gasteiger partial charge in [0.15, 0.2) is 0 Å². The molecule has 2 aliphatic rings. The molecule has 1 heterocycles. The Kier molecular flexibility index (Phi) is 7.49. The lowest BCUT2D eigenvalue weighted by Gasteiger charge is -2.36. The van der Waals surface area contributed by atoms with Gasteiger partial charge in [0, 0.05) is 12.8 Å². The molecule has 0 spiro atoms. The number of amides is 1. The summed E-state index contributed by atoms with van der Waals surface area (Å²) in [5.41, 5.74) is 2.31. The second-order valence-corrected chi connectivity index (χ2v) is 10.7. The smallest absolute Gasteiger partial charge is 0.410 e. The lowest BCUT2D eigenvalue weighted by Crippen LogP contribution is -2.48. The Balaban J connectivity index is 1.78. The summed E-state index contributed by atoms with van der Waals surface area (Å²) in [6.07, 6.45) is -0.309. The van der Waals surface area contributed by atoms with E-state index in [0.717, 1.165) is 22.3 Å². The van der Waals surface area contributed by atoms with Gasteiger partial charge >= 0.3 is 18.0 Å². The highest BCUT2D eigenvalue weighted by atomic mass is 16.7. The fourth-order valence-corrected chi connectivity index (χ4v) is 5.13. The molecule has 2 aromatic rings. The molecule has 202 valence electrons. The van der Waals surface area contributed by atoms with Gasteiger partial charge in [-0.05, 0) is 56.4 Å². The molecular weight excluding hydrogens is 488 g/mol. The Morgan fingerprint density at radius 2 is 1.61 bits per heavy atom. The minimum atomic E-state index is -1.35. The number of hydrogen-bond donors (Lipinski definition) is 0. The predicted molar refractivity (Wildman–Crippen MR) is 140 cm³/mol. The van der Waals surface area contributed by atoms with Crippen molar-refractivity contribution >= 4 is 23.7 Å². The van der Waals surface area contributed by atoms with Crippen molar-refractivity contribution in [3.63, 3.8) is 0 Å². The molecule has 4 rings (SSSR count). The molecule has 0 fully saturated rings. The molecule has 9 nitrogen and oxygen atoms in total. The van der Waals surface area contributed by atoms with E-state index in [2.05, 4.69) is 5.16 Å². The lowest BCUT2D eigenvalue weighted by molar-refractivity contribution is -0.164. The van der Waals surface area contributed by atoms with Crippen LogP contribution in [0.25, 0.3) is 11.1 Å². The zero-order chi connectivity index (χ0) is 27.7. The first-order valence-electron chi connectivity index (χ1n) is 12.6. The number of rotatable bonds is 7. The van der Waals surface area contributed by atoms with E-state index in [-0.39, 0.29) is 19.3 Å². The van der Waals surface area contributed by atoms with Crippen LogP contribution in [-0.4, -0.2) is 60.1 Å². The summed E-state index contributed by atoms with van der Waals surface area (Å²) < 4.78 is 15.7. The molecule has 0 N–H and O–H groups in total. The average molecular weight is 523 g/mol. The minimum Gasteiger partial charge on any atom is -0.466 e. The monoisotopic (exact) mass is 522 g/mol. The van der Waals surface area contributed by atoms with Crippen molar-refractivity contribution in [3.8, 4) is 11.1 Å². The Bertz CT molecular complexity index is 1220. The van der Waals surface area contributed by atoms with Gasteiger partial charge in [-0.1, -0.05) is 53.7 Å². The summed E-state index contributed by atoms with van der Waals surface area (Å²) >= 11 is 0. The van der Waals surface area contributed by atoms with Crippen LogP contribution in [0.15, 0.2) is 53.7 Å². The molecule has 1 aliphatic heterocycles. The predicted octanol–water partition coefficient (Wildman–Crippen LogP) is 5.02. The first kappa shape index (κ1) is 27.2. The van der Waals surface area contributed by atoms with Crippen LogP contribution in [0.5, 0.6) is 0 Å². The number of oxime groups is 1. The molecule has 1 unspecified atom stereocenters. The van der Waals surface area contributed by atoms with Crippen molar-refractivity contribution in [3.05, 3.63) is 59.7 Å². The summed E-state index contributed by atoms with van der Waals surface area (Å²) in [4.78, 5) is 45.9. The third kappa shape index (κ3) is 5.23. The zero-order valence-electron chi connectivity index (χ0n) is 22.6. The fraction of sp³-hybridized carbons (Fsp3) is 0.448. The van der Waals surface area contributed by atoms with E-state index in [1.54, 1.807) is 32.6 Å². The summed E-state index contributed by atoms with van der Waals surface area (Å²) in [5.74, 6) is -0.988. The van der Waals surface area contributed by atoms with E-state index in [0.29, 0.717) is 5.71 Å². The average Bonchev–Trinajstić information content (AvgIpc) is 3.44. The van der Waals surface area contributed by atoms with Crippen LogP contribution < -0.4 is 0 Å². The van der Waals surface area contributed by atoms with Crippen molar-refractivity contribution in [2.75, 3.05) is 14.2 Å². The van der Waals surface area contributed by atoms with Crippen LogP contribution >= 0.6 is 0 Å². The molecule has 0 aromatic heterocycles. The van der Waals surface area contributed by atoms with E-state index < -0.39 is 41.3 Å². The molecule has 38 heavy (non-hydrogen) atoms. The van der Waals surface area contributed by atoms with E-state index in [9.17, 15) is 14.4 Å². The second kappa shape index (κ2) is 10.5. The minimum absolute atomic E-state index is 0.0133. The normalized spacial score (nSPS) is 18.9. The number of benzene rings is 2. The highest BCUT2D eigenvalue weighted by Crippen LogP contribution is 2.48. The van der Waals surface area contributed by atoms with Gasteiger partial charge in [-0.3, -0.25) is 9.69 Å². The zero-order valence-corrected chi connectivity index (χ0v) is 22.6. The van der Waals surface area contributed by atoms with Crippen molar-refractivity contribution in [1.82, 2.24) is 4.90 Å². The Labute approximate surface area is 222 Å². The van der Waals surface area contributed by atoms with Crippen LogP contribution in [0.2, 0.25) is 0 Å². The van der Waals surface area contributed by atoms with E-state index in [4.69, 9.17) is 19.0 Å². The largest absolute Gasteiger partial charge is 0.466 e. The number of ether oxygens (including phenoxy) is 3. The summed E-state index contributed by atoms with van der Waals surface area (Å²) in [5, 5.41) is 4.25. The van der Waals surface area contributed by atoms with Crippen LogP contribution in [0.3, 0.4) is 0 Å². The second-order valence-electron chi connectivity index (χ2n) is 10.7. The van der Waals surface area contributed by atoms with Crippen LogP contribution in [-0.2, 0) is 28.6 Å². The highest BCUT2D eigenvalue weighted by Gasteiger charge is 2.49. The number of methoxy groups -OCH3 is 2. The quantitative estimate of drug-likeness (QED) is 0.371. The number of fused-ring (bicyclic) bond motifs is 3. The molecule has 2 atom stereocenters. The molecule has 9 heteroatoms. The standard InChI is InChI=1S/C29H34N2O7/c1-28(2,3)37-24(32)16-15-23(22-17-29(4,38-30-22)26(33)35-5)31(27(34)36-6)25-20-13-9-7-11-18(20)19-12-8-10-14-21(19)25/h7-14,23,25H,15-17H2,1-6H3/t23-,29?/m0/s1. The maximum absolute atomic E-state index is 13.5. The maximum Gasteiger partial charge on any atom is 0.410 e. The van der Waals surface area contributed by atoms with Crippen molar-refractivity contribution in [2.45, 2.75) is 70.2 Å². The van der Waals surface area contributed by atoms with Crippen molar-refractivity contribution < 1.29 is 33.4 Å². The van der Waals surface area contributed by atoms with E-state index in [1.807, 2.05) is 48.5 Å².